The highest BCUT2D eigenvalue weighted by atomic mass is 35.5. The number of nitrogens with one attached hydrogen (secondary N) is 1. The maximum absolute atomic E-state index is 8.90. The Morgan fingerprint density at radius 1 is 1.25 bits per heavy atom. The van der Waals surface area contributed by atoms with Crippen LogP contribution in [0.25, 0.3) is 16.2 Å². The van der Waals surface area contributed by atoms with Crippen molar-refractivity contribution >= 4 is 5.82 Å². The molecule has 0 bridgehead atoms. The standard InChI is InChI=1S/C10H6N5.ClH/c11-6-8-9(14-15-10(8)13-12)7-4-2-1-3-5-7;/h1-5H,(H,14,15);1H/q+1;/p-1. The first kappa shape index (κ1) is 11.7. The summed E-state index contributed by atoms with van der Waals surface area (Å²) in [5.74, 6) is 0.0105. The normalized spacial score (nSPS) is 8.62. The highest BCUT2D eigenvalue weighted by Gasteiger charge is 2.24. The van der Waals surface area contributed by atoms with Crippen molar-refractivity contribution in [2.24, 2.45) is 0 Å². The monoisotopic (exact) mass is 231 g/mol. The van der Waals surface area contributed by atoms with E-state index in [1.54, 1.807) is 0 Å². The summed E-state index contributed by atoms with van der Waals surface area (Å²) in [7, 11) is 0. The summed E-state index contributed by atoms with van der Waals surface area (Å²) in [4.78, 5) is 2.92. The predicted octanol–water partition coefficient (Wildman–Crippen LogP) is -0.563. The number of aromatic nitrogens is 2. The predicted molar refractivity (Wildman–Crippen MR) is 53.5 cm³/mol. The Labute approximate surface area is 97.8 Å². The smallest absolute Gasteiger partial charge is 0.506 e. The van der Waals surface area contributed by atoms with Gasteiger partial charge in [0.2, 0.25) is 0 Å². The molecule has 2 aromatic rings. The molecule has 0 fully saturated rings. The zero-order valence-electron chi connectivity index (χ0n) is 8.05. The second-order valence-corrected chi connectivity index (χ2v) is 2.88. The van der Waals surface area contributed by atoms with E-state index in [9.17, 15) is 0 Å². The number of hydrogen-bond acceptors (Lipinski definition) is 3. The van der Waals surface area contributed by atoms with Crippen molar-refractivity contribution in [3.63, 3.8) is 0 Å². The molecule has 2 rings (SSSR count). The minimum atomic E-state index is 0. The van der Waals surface area contributed by atoms with Gasteiger partial charge >= 0.3 is 5.82 Å². The van der Waals surface area contributed by atoms with Gasteiger partial charge in [0, 0.05) is 10.5 Å². The van der Waals surface area contributed by atoms with Gasteiger partial charge < -0.3 is 12.4 Å². The van der Waals surface area contributed by atoms with Crippen molar-refractivity contribution < 1.29 is 12.4 Å². The zero-order valence-corrected chi connectivity index (χ0v) is 8.81. The minimum absolute atomic E-state index is 0. The van der Waals surface area contributed by atoms with E-state index in [0.29, 0.717) is 5.69 Å². The van der Waals surface area contributed by atoms with Crippen molar-refractivity contribution in [2.45, 2.75) is 0 Å². The first-order chi connectivity index (χ1) is 7.36. The first-order valence-electron chi connectivity index (χ1n) is 4.26. The Morgan fingerprint density at radius 2 is 1.94 bits per heavy atom. The number of aromatic amines is 1. The van der Waals surface area contributed by atoms with E-state index >= 15 is 0 Å². The van der Waals surface area contributed by atoms with Gasteiger partial charge in [-0.1, -0.05) is 30.3 Å². The highest BCUT2D eigenvalue weighted by Crippen LogP contribution is 2.27. The number of benzene rings is 1. The molecular weight excluding hydrogens is 226 g/mol. The average Bonchev–Trinajstić information content (AvgIpc) is 2.72. The molecule has 0 spiro atoms. The lowest BCUT2D eigenvalue weighted by atomic mass is 10.1. The van der Waals surface area contributed by atoms with Gasteiger partial charge in [0.05, 0.1) is 10.5 Å². The fourth-order valence-electron chi connectivity index (χ4n) is 1.32. The van der Waals surface area contributed by atoms with Crippen LogP contribution in [0.15, 0.2) is 30.3 Å². The first-order valence-corrected chi connectivity index (χ1v) is 4.26. The summed E-state index contributed by atoms with van der Waals surface area (Å²) in [5, 5.41) is 23.9. The Bertz CT molecular complexity index is 561. The van der Waals surface area contributed by atoms with E-state index in [2.05, 4.69) is 15.2 Å². The van der Waals surface area contributed by atoms with Gasteiger partial charge in [-0.25, -0.2) is 0 Å². The van der Waals surface area contributed by atoms with Crippen molar-refractivity contribution in [1.29, 1.82) is 10.7 Å². The van der Waals surface area contributed by atoms with E-state index in [1.807, 2.05) is 36.4 Å². The zero-order chi connectivity index (χ0) is 10.7. The number of halogens is 1. The molecule has 1 N–H and O–H groups in total. The van der Waals surface area contributed by atoms with Gasteiger partial charge in [-0.3, -0.25) is 0 Å². The van der Waals surface area contributed by atoms with E-state index in [1.165, 1.54) is 0 Å². The average molecular weight is 232 g/mol. The fourth-order valence-corrected chi connectivity index (χ4v) is 1.32. The summed E-state index contributed by atoms with van der Waals surface area (Å²) < 4.78 is 0. The topological polar surface area (TPSA) is 80.6 Å². The molecular formula is C10H6ClN5. The Balaban J connectivity index is 0.00000128. The Hall–Kier alpha value is -2.37. The van der Waals surface area contributed by atoms with Crippen LogP contribution in [0.5, 0.6) is 0 Å². The molecule has 0 aliphatic rings. The van der Waals surface area contributed by atoms with E-state index in [0.717, 1.165) is 5.56 Å². The van der Waals surface area contributed by atoms with Crippen molar-refractivity contribution in [2.75, 3.05) is 0 Å². The van der Waals surface area contributed by atoms with Gasteiger partial charge in [0.1, 0.15) is 11.8 Å². The third-order valence-electron chi connectivity index (χ3n) is 2.02. The van der Waals surface area contributed by atoms with Gasteiger partial charge in [-0.2, -0.15) is 10.4 Å². The summed E-state index contributed by atoms with van der Waals surface area (Å²) in [5.41, 5.74) is 1.63. The molecule has 0 aliphatic carbocycles. The molecule has 0 radical (unpaired) electrons. The maximum Gasteiger partial charge on any atom is 0.506 e. The third-order valence-corrected chi connectivity index (χ3v) is 2.02. The van der Waals surface area contributed by atoms with E-state index in [4.69, 9.17) is 10.7 Å². The molecule has 0 aliphatic heterocycles. The fraction of sp³-hybridized carbons (Fsp3) is 0. The van der Waals surface area contributed by atoms with Crippen LogP contribution in [0.4, 0.5) is 5.82 Å². The number of nitriles is 1. The largest absolute Gasteiger partial charge is 1.00 e. The minimum Gasteiger partial charge on any atom is -1.00 e. The van der Waals surface area contributed by atoms with Crippen molar-refractivity contribution in [3.05, 3.63) is 40.9 Å². The second kappa shape index (κ2) is 4.92. The molecule has 1 aromatic carbocycles. The van der Waals surface area contributed by atoms with Crippen LogP contribution >= 0.6 is 0 Å². The van der Waals surface area contributed by atoms with E-state index in [-0.39, 0.29) is 23.8 Å². The van der Waals surface area contributed by atoms with Gasteiger partial charge in [0.25, 0.3) is 0 Å². The SMILES string of the molecule is N#Cc1c([N+]#N)n[nH]c1-c1ccccc1.[Cl-]. The van der Waals surface area contributed by atoms with Crippen LogP contribution in [0.1, 0.15) is 5.56 Å². The number of rotatable bonds is 1. The lowest BCUT2D eigenvalue weighted by Crippen LogP contribution is -3.00. The Kier molecular flexibility index (Phi) is 3.60. The van der Waals surface area contributed by atoms with Crippen LogP contribution < -0.4 is 12.4 Å². The number of H-pyrrole nitrogens is 1. The lowest BCUT2D eigenvalue weighted by Gasteiger charge is -1.93. The molecule has 0 saturated heterocycles. The molecule has 6 heteroatoms. The van der Waals surface area contributed by atoms with Crippen LogP contribution in [0.2, 0.25) is 0 Å². The summed E-state index contributed by atoms with van der Waals surface area (Å²) in [6, 6.07) is 11.2. The van der Waals surface area contributed by atoms with Gasteiger partial charge in [-0.05, 0) is 0 Å². The number of hydrogen-bond donors (Lipinski definition) is 1. The number of nitrogens with zero attached hydrogens (tertiary/aromatic N) is 4. The molecule has 0 saturated carbocycles. The van der Waals surface area contributed by atoms with Crippen LogP contribution in [-0.4, -0.2) is 10.2 Å². The van der Waals surface area contributed by atoms with Crippen LogP contribution in [-0.2, 0) is 0 Å². The Morgan fingerprint density at radius 3 is 2.50 bits per heavy atom. The molecule has 16 heavy (non-hydrogen) atoms. The van der Waals surface area contributed by atoms with Gasteiger partial charge in [0.15, 0.2) is 5.56 Å². The molecule has 1 aromatic heterocycles. The molecule has 5 nitrogen and oxygen atoms in total. The van der Waals surface area contributed by atoms with Crippen LogP contribution in [0, 0.1) is 16.7 Å². The molecule has 78 valence electrons. The molecule has 0 amide bonds. The van der Waals surface area contributed by atoms with Crippen molar-refractivity contribution in [3.8, 4) is 17.3 Å². The van der Waals surface area contributed by atoms with Crippen molar-refractivity contribution in [1.82, 2.24) is 10.2 Å². The summed E-state index contributed by atoms with van der Waals surface area (Å²) in [6.45, 7) is 0. The van der Waals surface area contributed by atoms with E-state index < -0.39 is 0 Å². The molecule has 0 atom stereocenters. The van der Waals surface area contributed by atoms with Crippen LogP contribution in [0.3, 0.4) is 0 Å². The maximum atomic E-state index is 8.90. The summed E-state index contributed by atoms with van der Waals surface area (Å²) >= 11 is 0. The third kappa shape index (κ3) is 1.85. The molecule has 0 unspecified atom stereocenters. The summed E-state index contributed by atoms with van der Waals surface area (Å²) in [6.07, 6.45) is 0. The highest BCUT2D eigenvalue weighted by molar-refractivity contribution is 5.73. The lowest BCUT2D eigenvalue weighted by molar-refractivity contribution is -0.00000354. The molecule has 1 heterocycles. The van der Waals surface area contributed by atoms with Gasteiger partial charge in [-0.15, -0.1) is 0 Å². The quantitative estimate of drug-likeness (QED) is 0.668. The number of diazo groups is 1. The second-order valence-electron chi connectivity index (χ2n) is 2.88.